The van der Waals surface area contributed by atoms with Gasteiger partial charge in [-0.05, 0) is 50.1 Å². The topological polar surface area (TPSA) is 24.1 Å². The maximum Gasteiger partial charge on any atom is 0.0164 e. The first-order valence-electron chi connectivity index (χ1n) is 7.36. The van der Waals surface area contributed by atoms with Gasteiger partial charge >= 0.3 is 0 Å². The van der Waals surface area contributed by atoms with Crippen LogP contribution in [-0.4, -0.2) is 25.7 Å². The van der Waals surface area contributed by atoms with Crippen molar-refractivity contribution in [3.05, 3.63) is 0 Å². The van der Waals surface area contributed by atoms with E-state index < -0.39 is 0 Å². The first kappa shape index (κ1) is 15.0. The zero-order chi connectivity index (χ0) is 12.9. The van der Waals surface area contributed by atoms with Gasteiger partial charge in [0, 0.05) is 12.6 Å². The van der Waals surface area contributed by atoms with Gasteiger partial charge in [-0.2, -0.15) is 0 Å². The number of rotatable bonds is 7. The Kier molecular flexibility index (Phi) is 5.94. The summed E-state index contributed by atoms with van der Waals surface area (Å²) in [5.41, 5.74) is 0.554. The molecule has 1 aliphatic rings. The largest absolute Gasteiger partial charge is 0.315 e. The highest BCUT2D eigenvalue weighted by atomic mass is 15.0. The van der Waals surface area contributed by atoms with Crippen molar-refractivity contribution < 1.29 is 0 Å². The maximum atomic E-state index is 3.69. The lowest BCUT2D eigenvalue weighted by Gasteiger charge is -2.28. The lowest BCUT2D eigenvalue weighted by molar-refractivity contribution is 0.244. The molecule has 2 nitrogen and oxygen atoms in total. The van der Waals surface area contributed by atoms with Crippen molar-refractivity contribution in [2.75, 3.05) is 19.6 Å². The van der Waals surface area contributed by atoms with Gasteiger partial charge in [-0.25, -0.2) is 0 Å². The molecule has 0 bridgehead atoms. The quantitative estimate of drug-likeness (QED) is 0.715. The van der Waals surface area contributed by atoms with E-state index in [1.165, 1.54) is 25.8 Å². The maximum absolute atomic E-state index is 3.69. The van der Waals surface area contributed by atoms with Crippen molar-refractivity contribution in [1.29, 1.82) is 0 Å². The number of hydrogen-bond donors (Lipinski definition) is 2. The van der Waals surface area contributed by atoms with E-state index >= 15 is 0 Å². The molecular formula is C15H32N2. The van der Waals surface area contributed by atoms with Gasteiger partial charge in [0.05, 0.1) is 0 Å². The lowest BCUT2D eigenvalue weighted by atomic mass is 9.82. The zero-order valence-electron chi connectivity index (χ0n) is 12.5. The van der Waals surface area contributed by atoms with E-state index in [9.17, 15) is 0 Å². The predicted octanol–water partition coefficient (Wildman–Crippen LogP) is 3.04. The molecule has 1 rings (SSSR count). The Morgan fingerprint density at radius 2 is 1.88 bits per heavy atom. The van der Waals surface area contributed by atoms with Gasteiger partial charge in [-0.1, -0.05) is 34.1 Å². The Hall–Kier alpha value is -0.0800. The zero-order valence-corrected chi connectivity index (χ0v) is 12.5. The fraction of sp³-hybridized carbons (Fsp3) is 1.00. The monoisotopic (exact) mass is 240 g/mol. The molecule has 102 valence electrons. The summed E-state index contributed by atoms with van der Waals surface area (Å²) in [7, 11) is 0. The Morgan fingerprint density at radius 1 is 1.18 bits per heavy atom. The summed E-state index contributed by atoms with van der Waals surface area (Å²) in [6, 6.07) is 0.588. The average Bonchev–Trinajstić information content (AvgIpc) is 2.54. The molecule has 2 N–H and O–H groups in total. The molecule has 1 saturated carbocycles. The van der Waals surface area contributed by atoms with Crippen LogP contribution in [0.1, 0.15) is 53.9 Å². The van der Waals surface area contributed by atoms with Crippen molar-refractivity contribution in [3.8, 4) is 0 Å². The minimum Gasteiger partial charge on any atom is -0.315 e. The van der Waals surface area contributed by atoms with Crippen LogP contribution >= 0.6 is 0 Å². The summed E-state index contributed by atoms with van der Waals surface area (Å²) >= 11 is 0. The molecule has 0 radical (unpaired) electrons. The lowest BCUT2D eigenvalue weighted by Crippen LogP contribution is -2.41. The summed E-state index contributed by atoms with van der Waals surface area (Å²) in [6.07, 6.45) is 4.23. The third-order valence-corrected chi connectivity index (χ3v) is 4.19. The predicted molar refractivity (Wildman–Crippen MR) is 76.3 cm³/mol. The molecule has 1 aliphatic carbocycles. The Morgan fingerprint density at radius 3 is 2.41 bits per heavy atom. The number of nitrogens with one attached hydrogen (secondary N) is 2. The van der Waals surface area contributed by atoms with Crippen LogP contribution in [0.4, 0.5) is 0 Å². The van der Waals surface area contributed by atoms with Gasteiger partial charge in [0.15, 0.2) is 0 Å². The van der Waals surface area contributed by atoms with Gasteiger partial charge in [0.1, 0.15) is 0 Å². The van der Waals surface area contributed by atoms with Crippen LogP contribution in [-0.2, 0) is 0 Å². The Labute approximate surface area is 108 Å². The molecule has 0 heterocycles. The summed E-state index contributed by atoms with van der Waals surface area (Å²) in [4.78, 5) is 0. The van der Waals surface area contributed by atoms with Crippen LogP contribution < -0.4 is 10.6 Å². The van der Waals surface area contributed by atoms with E-state index in [1.54, 1.807) is 0 Å². The molecular weight excluding hydrogens is 208 g/mol. The minimum absolute atomic E-state index is 0.554. The molecule has 17 heavy (non-hydrogen) atoms. The molecule has 2 atom stereocenters. The van der Waals surface area contributed by atoms with Crippen LogP contribution in [0.5, 0.6) is 0 Å². The van der Waals surface area contributed by atoms with Gasteiger partial charge in [0.25, 0.3) is 0 Å². The third-order valence-electron chi connectivity index (χ3n) is 4.19. The Balaban J connectivity index is 2.13. The summed E-state index contributed by atoms with van der Waals surface area (Å²) in [6.45, 7) is 15.1. The van der Waals surface area contributed by atoms with Crippen molar-refractivity contribution in [2.45, 2.75) is 59.9 Å². The van der Waals surface area contributed by atoms with Crippen molar-refractivity contribution in [1.82, 2.24) is 10.6 Å². The molecule has 0 saturated heterocycles. The third kappa shape index (κ3) is 5.39. The molecule has 2 heteroatoms. The van der Waals surface area contributed by atoms with Crippen molar-refractivity contribution in [2.24, 2.45) is 17.3 Å². The van der Waals surface area contributed by atoms with E-state index in [0.717, 1.165) is 24.9 Å². The van der Waals surface area contributed by atoms with Gasteiger partial charge in [-0.15, -0.1) is 0 Å². The highest BCUT2D eigenvalue weighted by molar-refractivity contribution is 4.86. The first-order valence-corrected chi connectivity index (χ1v) is 7.36. The highest BCUT2D eigenvalue weighted by Crippen LogP contribution is 2.41. The van der Waals surface area contributed by atoms with Crippen molar-refractivity contribution in [3.63, 3.8) is 0 Å². The first-order chi connectivity index (χ1) is 7.92. The second kappa shape index (κ2) is 6.75. The standard InChI is InChI=1S/C15H32N2/c1-12(2)9-16-10-13(3)17-11-14-7-6-8-15(14,4)5/h12-14,16-17H,6-11H2,1-5H3. The normalized spacial score (nSPS) is 25.4. The van der Waals surface area contributed by atoms with Crippen LogP contribution in [0.2, 0.25) is 0 Å². The van der Waals surface area contributed by atoms with Crippen LogP contribution in [0, 0.1) is 17.3 Å². The number of hydrogen-bond acceptors (Lipinski definition) is 2. The van der Waals surface area contributed by atoms with Gasteiger partial charge < -0.3 is 10.6 Å². The van der Waals surface area contributed by atoms with E-state index in [0.29, 0.717) is 11.5 Å². The van der Waals surface area contributed by atoms with Gasteiger partial charge in [-0.3, -0.25) is 0 Å². The highest BCUT2D eigenvalue weighted by Gasteiger charge is 2.33. The van der Waals surface area contributed by atoms with E-state index in [1.807, 2.05) is 0 Å². The minimum atomic E-state index is 0.554. The Bertz CT molecular complexity index is 211. The van der Waals surface area contributed by atoms with Gasteiger partial charge in [0.2, 0.25) is 0 Å². The second-order valence-corrected chi connectivity index (χ2v) is 6.94. The van der Waals surface area contributed by atoms with Crippen LogP contribution in [0.25, 0.3) is 0 Å². The van der Waals surface area contributed by atoms with E-state index in [-0.39, 0.29) is 0 Å². The molecule has 0 aromatic heterocycles. The molecule has 0 aromatic carbocycles. The smallest absolute Gasteiger partial charge is 0.0164 e. The molecule has 0 spiro atoms. The summed E-state index contributed by atoms with van der Waals surface area (Å²) < 4.78 is 0. The summed E-state index contributed by atoms with van der Waals surface area (Å²) in [5, 5.41) is 7.21. The van der Waals surface area contributed by atoms with E-state index in [2.05, 4.69) is 45.3 Å². The van der Waals surface area contributed by atoms with Crippen molar-refractivity contribution >= 4 is 0 Å². The van der Waals surface area contributed by atoms with E-state index in [4.69, 9.17) is 0 Å². The fourth-order valence-corrected chi connectivity index (χ4v) is 2.78. The molecule has 0 amide bonds. The molecule has 2 unspecified atom stereocenters. The van der Waals surface area contributed by atoms with Crippen LogP contribution in [0.15, 0.2) is 0 Å². The molecule has 0 aliphatic heterocycles. The second-order valence-electron chi connectivity index (χ2n) is 6.94. The SMILES string of the molecule is CC(C)CNCC(C)NCC1CCCC1(C)C. The molecule has 0 aromatic rings. The fourth-order valence-electron chi connectivity index (χ4n) is 2.78. The van der Waals surface area contributed by atoms with Crippen LogP contribution in [0.3, 0.4) is 0 Å². The average molecular weight is 240 g/mol. The molecule has 1 fully saturated rings. The summed E-state index contributed by atoms with van der Waals surface area (Å²) in [5.74, 6) is 1.62.